The van der Waals surface area contributed by atoms with Gasteiger partial charge in [0.05, 0.1) is 5.52 Å². The fourth-order valence-corrected chi connectivity index (χ4v) is 5.07. The number of anilines is 2. The molecule has 0 amide bonds. The van der Waals surface area contributed by atoms with Gasteiger partial charge in [0.15, 0.2) is 0 Å². The Hall–Kier alpha value is -4.11. The second-order valence-corrected chi connectivity index (χ2v) is 9.39. The Morgan fingerprint density at radius 1 is 0.559 bits per heavy atom. The zero-order valence-corrected chi connectivity index (χ0v) is 20.0. The first-order chi connectivity index (χ1) is 16.5. The van der Waals surface area contributed by atoms with Gasteiger partial charge in [0.1, 0.15) is 0 Å². The van der Waals surface area contributed by atoms with E-state index >= 15 is 0 Å². The minimum absolute atomic E-state index is 1.04. The smallest absolute Gasteiger partial charge is 0.0720 e. The van der Waals surface area contributed by atoms with Crippen LogP contribution < -0.4 is 9.80 Å². The molecule has 34 heavy (non-hydrogen) atoms. The molecule has 0 saturated carbocycles. The minimum atomic E-state index is 1.04. The van der Waals surface area contributed by atoms with Crippen LogP contribution in [0.1, 0.15) is 0 Å². The molecular formula is C31H27N3. The van der Waals surface area contributed by atoms with Crippen LogP contribution in [-0.4, -0.2) is 33.2 Å². The van der Waals surface area contributed by atoms with Crippen molar-refractivity contribution in [2.24, 2.45) is 0 Å². The van der Waals surface area contributed by atoms with E-state index in [4.69, 9.17) is 4.98 Å². The summed E-state index contributed by atoms with van der Waals surface area (Å²) in [5, 5.41) is 6.31. The molecule has 6 rings (SSSR count). The van der Waals surface area contributed by atoms with Crippen molar-refractivity contribution in [1.29, 1.82) is 0 Å². The Bertz CT molecular complexity index is 1510. The quantitative estimate of drug-likeness (QED) is 0.265. The highest BCUT2D eigenvalue weighted by atomic mass is 15.1. The molecule has 5 aromatic carbocycles. The molecule has 0 N–H and O–H groups in total. The second-order valence-electron chi connectivity index (χ2n) is 9.39. The first-order valence-electron chi connectivity index (χ1n) is 11.6. The van der Waals surface area contributed by atoms with Gasteiger partial charge >= 0.3 is 0 Å². The summed E-state index contributed by atoms with van der Waals surface area (Å²) >= 11 is 0. The number of nitrogens with zero attached hydrogens (tertiary/aromatic N) is 3. The molecule has 1 heterocycles. The summed E-state index contributed by atoms with van der Waals surface area (Å²) in [5.74, 6) is 0. The van der Waals surface area contributed by atoms with E-state index in [0.717, 1.165) is 5.52 Å². The third-order valence-electron chi connectivity index (χ3n) is 6.88. The number of benzene rings is 5. The lowest BCUT2D eigenvalue weighted by Crippen LogP contribution is -2.07. The van der Waals surface area contributed by atoms with Crippen molar-refractivity contribution < 1.29 is 0 Å². The first-order valence-corrected chi connectivity index (χ1v) is 11.6. The van der Waals surface area contributed by atoms with E-state index < -0.39 is 0 Å². The van der Waals surface area contributed by atoms with Gasteiger partial charge in [-0.05, 0) is 80.9 Å². The van der Waals surface area contributed by atoms with Crippen LogP contribution in [0.3, 0.4) is 0 Å². The van der Waals surface area contributed by atoms with E-state index in [0.29, 0.717) is 0 Å². The van der Waals surface area contributed by atoms with Crippen molar-refractivity contribution in [3.8, 4) is 22.3 Å². The van der Waals surface area contributed by atoms with Crippen molar-refractivity contribution >= 4 is 43.8 Å². The van der Waals surface area contributed by atoms with Crippen LogP contribution >= 0.6 is 0 Å². The van der Waals surface area contributed by atoms with E-state index in [2.05, 4.69) is 123 Å². The Balaban J connectivity index is 1.66. The standard InChI is InChI=1S/C31H27N3/c1-33(2)23-12-8-20(9-13-23)27-18-22-16-17-32-29-19-28(21-10-14-24(15-11-21)34(3)4)26-7-5-6-25(27)31(26)30(22)29/h5-19H,1-4H3. The maximum absolute atomic E-state index is 4.78. The predicted octanol–water partition coefficient (Wildman–Crippen LogP) is 7.45. The first kappa shape index (κ1) is 20.5. The van der Waals surface area contributed by atoms with Crippen LogP contribution in [0.25, 0.3) is 54.7 Å². The molecule has 0 aliphatic rings. The predicted molar refractivity (Wildman–Crippen MR) is 147 cm³/mol. The van der Waals surface area contributed by atoms with Crippen molar-refractivity contribution in [1.82, 2.24) is 4.98 Å². The Morgan fingerprint density at radius 3 is 1.62 bits per heavy atom. The highest BCUT2D eigenvalue weighted by molar-refractivity contribution is 6.28. The molecule has 0 atom stereocenters. The average molecular weight is 442 g/mol. The van der Waals surface area contributed by atoms with E-state index in [9.17, 15) is 0 Å². The lowest BCUT2D eigenvalue weighted by molar-refractivity contribution is 1.13. The SMILES string of the molecule is CN(C)c1ccc(-c2cc3ccnc4cc(-c5ccc(N(C)C)cc5)c5cccc2c5c34)cc1. The number of rotatable bonds is 4. The minimum Gasteiger partial charge on any atom is -0.378 e. The fraction of sp³-hybridized carbons (Fsp3) is 0.129. The molecule has 0 bridgehead atoms. The fourth-order valence-electron chi connectivity index (χ4n) is 5.07. The summed E-state index contributed by atoms with van der Waals surface area (Å²) < 4.78 is 0. The van der Waals surface area contributed by atoms with Crippen LogP contribution in [0.5, 0.6) is 0 Å². The van der Waals surface area contributed by atoms with Gasteiger partial charge in [0.25, 0.3) is 0 Å². The maximum atomic E-state index is 4.78. The Labute approximate surface area is 200 Å². The highest BCUT2D eigenvalue weighted by Crippen LogP contribution is 2.43. The number of pyridine rings is 1. The molecule has 0 saturated heterocycles. The molecule has 3 heteroatoms. The van der Waals surface area contributed by atoms with Crippen LogP contribution in [0.15, 0.2) is 91.1 Å². The van der Waals surface area contributed by atoms with Gasteiger partial charge in [0.2, 0.25) is 0 Å². The van der Waals surface area contributed by atoms with E-state index in [-0.39, 0.29) is 0 Å². The molecule has 6 aromatic rings. The van der Waals surface area contributed by atoms with Crippen molar-refractivity contribution in [3.63, 3.8) is 0 Å². The van der Waals surface area contributed by atoms with Gasteiger partial charge in [-0.3, -0.25) is 4.98 Å². The van der Waals surface area contributed by atoms with Gasteiger partial charge in [0, 0.05) is 56.5 Å². The molecule has 0 aliphatic heterocycles. The molecule has 1 aromatic heterocycles. The van der Waals surface area contributed by atoms with Crippen molar-refractivity contribution in [2.45, 2.75) is 0 Å². The second kappa shape index (κ2) is 7.74. The van der Waals surface area contributed by atoms with Crippen LogP contribution in [0.2, 0.25) is 0 Å². The van der Waals surface area contributed by atoms with E-state index in [1.807, 2.05) is 6.20 Å². The van der Waals surface area contributed by atoms with Crippen molar-refractivity contribution in [3.05, 3.63) is 91.1 Å². The monoisotopic (exact) mass is 441 g/mol. The third kappa shape index (κ3) is 3.16. The summed E-state index contributed by atoms with van der Waals surface area (Å²) in [6, 6.07) is 31.0. The van der Waals surface area contributed by atoms with Gasteiger partial charge < -0.3 is 9.80 Å². The van der Waals surface area contributed by atoms with Gasteiger partial charge in [-0.1, -0.05) is 42.5 Å². The van der Waals surface area contributed by atoms with Crippen LogP contribution in [-0.2, 0) is 0 Å². The summed E-state index contributed by atoms with van der Waals surface area (Å²) in [6.07, 6.45) is 1.93. The topological polar surface area (TPSA) is 19.4 Å². The molecule has 0 aliphatic carbocycles. The van der Waals surface area contributed by atoms with E-state index in [1.54, 1.807) is 0 Å². The largest absolute Gasteiger partial charge is 0.378 e. The van der Waals surface area contributed by atoms with Gasteiger partial charge in [-0.25, -0.2) is 0 Å². The molecule has 3 nitrogen and oxygen atoms in total. The molecule has 0 unspecified atom stereocenters. The molecule has 0 fully saturated rings. The zero-order chi connectivity index (χ0) is 23.4. The number of aromatic nitrogens is 1. The summed E-state index contributed by atoms with van der Waals surface area (Å²) in [5.41, 5.74) is 8.37. The van der Waals surface area contributed by atoms with E-state index in [1.165, 1.54) is 60.6 Å². The van der Waals surface area contributed by atoms with Gasteiger partial charge in [-0.15, -0.1) is 0 Å². The molecular weight excluding hydrogens is 414 g/mol. The van der Waals surface area contributed by atoms with Crippen LogP contribution in [0, 0.1) is 0 Å². The Kier molecular flexibility index (Phi) is 4.66. The summed E-state index contributed by atoms with van der Waals surface area (Å²) in [6.45, 7) is 0. The van der Waals surface area contributed by atoms with Crippen molar-refractivity contribution in [2.75, 3.05) is 38.0 Å². The third-order valence-corrected chi connectivity index (χ3v) is 6.88. The summed E-state index contributed by atoms with van der Waals surface area (Å²) in [7, 11) is 8.30. The maximum Gasteiger partial charge on any atom is 0.0720 e. The lowest BCUT2D eigenvalue weighted by atomic mass is 9.87. The zero-order valence-electron chi connectivity index (χ0n) is 20.0. The highest BCUT2D eigenvalue weighted by Gasteiger charge is 2.17. The van der Waals surface area contributed by atoms with Gasteiger partial charge in [-0.2, -0.15) is 0 Å². The summed E-state index contributed by atoms with van der Waals surface area (Å²) in [4.78, 5) is 9.05. The molecule has 0 radical (unpaired) electrons. The number of hydrogen-bond acceptors (Lipinski definition) is 3. The number of hydrogen-bond donors (Lipinski definition) is 0. The Morgan fingerprint density at radius 2 is 1.09 bits per heavy atom. The normalized spacial score (nSPS) is 11.5. The molecule has 0 spiro atoms. The average Bonchev–Trinajstić information content (AvgIpc) is 2.87. The molecule has 166 valence electrons. The van der Waals surface area contributed by atoms with Crippen LogP contribution in [0.4, 0.5) is 11.4 Å². The lowest BCUT2D eigenvalue weighted by Gasteiger charge is -2.18.